The first-order valence-electron chi connectivity index (χ1n) is 9.48. The third kappa shape index (κ3) is 5.43. The van der Waals surface area contributed by atoms with Gasteiger partial charge in [-0.1, -0.05) is 29.8 Å². The van der Waals surface area contributed by atoms with E-state index in [1.165, 1.54) is 35.6 Å². The van der Waals surface area contributed by atoms with E-state index in [1.54, 1.807) is 19.1 Å². The smallest absolute Gasteiger partial charge is 0.341 e. The molecule has 0 aliphatic heterocycles. The van der Waals surface area contributed by atoms with Gasteiger partial charge in [0.05, 0.1) is 11.5 Å². The van der Waals surface area contributed by atoms with Crippen LogP contribution in [0.3, 0.4) is 0 Å². The number of nitrogens with zero attached hydrogens (tertiary/aromatic N) is 1. The molecule has 3 aromatic rings. The molecule has 8 heteroatoms. The Morgan fingerprint density at radius 2 is 1.81 bits per heavy atom. The van der Waals surface area contributed by atoms with E-state index in [-0.39, 0.29) is 12.3 Å². The first-order valence-corrected chi connectivity index (χ1v) is 10.4. The van der Waals surface area contributed by atoms with Crippen molar-refractivity contribution in [3.05, 3.63) is 86.8 Å². The van der Waals surface area contributed by atoms with E-state index in [0.29, 0.717) is 21.7 Å². The van der Waals surface area contributed by atoms with Crippen molar-refractivity contribution in [2.24, 2.45) is 0 Å². The third-order valence-electron chi connectivity index (χ3n) is 4.40. The zero-order chi connectivity index (χ0) is 22.4. The van der Waals surface area contributed by atoms with Crippen LogP contribution in [0.2, 0.25) is 0 Å². The molecule has 0 fully saturated rings. The number of nitro benzene ring substituents is 1. The Labute approximate surface area is 183 Å². The van der Waals surface area contributed by atoms with E-state index in [1.807, 2.05) is 36.6 Å². The molecule has 0 spiro atoms. The Kier molecular flexibility index (Phi) is 6.94. The Bertz CT molecular complexity index is 1130. The Morgan fingerprint density at radius 3 is 2.42 bits per heavy atom. The van der Waals surface area contributed by atoms with Gasteiger partial charge >= 0.3 is 5.97 Å². The Morgan fingerprint density at radius 1 is 1.13 bits per heavy atom. The van der Waals surface area contributed by atoms with E-state index < -0.39 is 16.8 Å². The molecule has 158 valence electrons. The molecule has 0 saturated carbocycles. The van der Waals surface area contributed by atoms with E-state index >= 15 is 0 Å². The molecular formula is C23H20N2O5S. The van der Waals surface area contributed by atoms with Gasteiger partial charge < -0.3 is 10.1 Å². The Hall–Kier alpha value is -3.78. The average Bonchev–Trinajstić information content (AvgIpc) is 3.16. The van der Waals surface area contributed by atoms with Gasteiger partial charge in [-0.05, 0) is 43.2 Å². The highest BCUT2D eigenvalue weighted by Gasteiger charge is 2.22. The van der Waals surface area contributed by atoms with Crippen LogP contribution in [0.5, 0.6) is 0 Å². The molecular weight excluding hydrogens is 416 g/mol. The lowest BCUT2D eigenvalue weighted by atomic mass is 10.0. The summed E-state index contributed by atoms with van der Waals surface area (Å²) in [5, 5.41) is 15.7. The van der Waals surface area contributed by atoms with Crippen molar-refractivity contribution in [2.75, 3.05) is 11.9 Å². The van der Waals surface area contributed by atoms with Gasteiger partial charge in [0, 0.05) is 29.2 Å². The lowest BCUT2D eigenvalue weighted by Crippen LogP contribution is -2.12. The number of nitro groups is 1. The van der Waals surface area contributed by atoms with Gasteiger partial charge in [-0.3, -0.25) is 14.9 Å². The zero-order valence-electron chi connectivity index (χ0n) is 17.0. The van der Waals surface area contributed by atoms with Gasteiger partial charge in [0.1, 0.15) is 10.6 Å². The van der Waals surface area contributed by atoms with Gasteiger partial charge in [0.25, 0.3) is 5.69 Å². The second-order valence-electron chi connectivity index (χ2n) is 6.61. The molecule has 0 bridgehead atoms. The maximum Gasteiger partial charge on any atom is 0.341 e. The van der Waals surface area contributed by atoms with Crippen molar-refractivity contribution in [1.29, 1.82) is 0 Å². The highest BCUT2D eigenvalue weighted by atomic mass is 32.1. The molecule has 0 aliphatic rings. The molecule has 0 aliphatic carbocycles. The summed E-state index contributed by atoms with van der Waals surface area (Å²) >= 11 is 1.24. The van der Waals surface area contributed by atoms with Gasteiger partial charge in [0.15, 0.2) is 0 Å². The normalized spacial score (nSPS) is 10.8. The number of hydrogen-bond donors (Lipinski definition) is 1. The summed E-state index contributed by atoms with van der Waals surface area (Å²) in [6.07, 6.45) is 2.85. The van der Waals surface area contributed by atoms with E-state index in [4.69, 9.17) is 4.74 Å². The number of rotatable bonds is 7. The van der Waals surface area contributed by atoms with Crippen molar-refractivity contribution in [3.8, 4) is 11.1 Å². The van der Waals surface area contributed by atoms with Crippen molar-refractivity contribution in [1.82, 2.24) is 0 Å². The molecule has 31 heavy (non-hydrogen) atoms. The van der Waals surface area contributed by atoms with E-state index in [9.17, 15) is 19.7 Å². The number of carbonyl (C=O) groups excluding carboxylic acids is 2. The third-order valence-corrected chi connectivity index (χ3v) is 5.30. The first kappa shape index (κ1) is 21.9. The number of esters is 1. The van der Waals surface area contributed by atoms with Gasteiger partial charge in [0.2, 0.25) is 5.91 Å². The molecule has 2 aromatic carbocycles. The Balaban J connectivity index is 1.82. The number of hydrogen-bond acceptors (Lipinski definition) is 6. The van der Waals surface area contributed by atoms with Crippen LogP contribution in [0.4, 0.5) is 10.7 Å². The number of ether oxygens (including phenoxy) is 1. The molecule has 1 amide bonds. The monoisotopic (exact) mass is 436 g/mol. The fourth-order valence-electron chi connectivity index (χ4n) is 2.83. The van der Waals surface area contributed by atoms with Crippen LogP contribution in [-0.4, -0.2) is 23.4 Å². The van der Waals surface area contributed by atoms with Gasteiger partial charge in [-0.25, -0.2) is 4.79 Å². The fraction of sp³-hybridized carbons (Fsp3) is 0.130. The number of amides is 1. The number of carbonyl (C=O) groups is 2. The van der Waals surface area contributed by atoms with Crippen LogP contribution in [0.25, 0.3) is 17.2 Å². The fourth-order valence-corrected chi connectivity index (χ4v) is 3.79. The number of anilines is 1. The number of thiophene rings is 1. The molecule has 0 saturated heterocycles. The van der Waals surface area contributed by atoms with Crippen LogP contribution in [-0.2, 0) is 9.53 Å². The average molecular weight is 436 g/mol. The van der Waals surface area contributed by atoms with E-state index in [0.717, 1.165) is 11.1 Å². The lowest BCUT2D eigenvalue weighted by Gasteiger charge is -2.08. The van der Waals surface area contributed by atoms with Gasteiger partial charge in [-0.2, -0.15) is 0 Å². The van der Waals surface area contributed by atoms with Crippen molar-refractivity contribution < 1.29 is 19.2 Å². The van der Waals surface area contributed by atoms with Crippen molar-refractivity contribution in [2.45, 2.75) is 13.8 Å². The summed E-state index contributed by atoms with van der Waals surface area (Å²) in [6.45, 7) is 3.92. The predicted octanol–water partition coefficient (Wildman–Crippen LogP) is 5.46. The molecule has 1 aromatic heterocycles. The van der Waals surface area contributed by atoms with Crippen LogP contribution in [0, 0.1) is 17.0 Å². The maximum absolute atomic E-state index is 12.6. The van der Waals surface area contributed by atoms with Gasteiger partial charge in [-0.15, -0.1) is 11.3 Å². The topological polar surface area (TPSA) is 98.5 Å². The lowest BCUT2D eigenvalue weighted by molar-refractivity contribution is -0.384. The summed E-state index contributed by atoms with van der Waals surface area (Å²) in [4.78, 5) is 35.3. The van der Waals surface area contributed by atoms with Crippen LogP contribution < -0.4 is 5.32 Å². The highest BCUT2D eigenvalue weighted by molar-refractivity contribution is 7.15. The molecule has 0 unspecified atom stereocenters. The van der Waals surface area contributed by atoms with Crippen molar-refractivity contribution >= 4 is 40.0 Å². The second kappa shape index (κ2) is 9.82. The minimum atomic E-state index is -0.506. The standard InChI is InChI=1S/C23H20N2O5S/c1-3-30-23(27)21-19(17-9-4-15(2)5-10-17)14-31-22(21)24-20(26)13-8-16-6-11-18(12-7-16)25(28)29/h4-14H,3H2,1-2H3,(H,24,26). The van der Waals surface area contributed by atoms with Crippen LogP contribution >= 0.6 is 11.3 Å². The number of aryl methyl sites for hydroxylation is 1. The van der Waals surface area contributed by atoms with Crippen LogP contribution in [0.15, 0.2) is 60.0 Å². The van der Waals surface area contributed by atoms with Crippen molar-refractivity contribution in [3.63, 3.8) is 0 Å². The summed E-state index contributed by atoms with van der Waals surface area (Å²) in [5.74, 6) is -0.935. The summed E-state index contributed by atoms with van der Waals surface area (Å²) < 4.78 is 5.20. The predicted molar refractivity (Wildman–Crippen MR) is 121 cm³/mol. The highest BCUT2D eigenvalue weighted by Crippen LogP contribution is 2.36. The molecule has 1 N–H and O–H groups in total. The summed E-state index contributed by atoms with van der Waals surface area (Å²) in [6, 6.07) is 13.6. The minimum Gasteiger partial charge on any atom is -0.462 e. The minimum absolute atomic E-state index is 0.0251. The molecule has 0 radical (unpaired) electrons. The second-order valence-corrected chi connectivity index (χ2v) is 7.49. The first-order chi connectivity index (χ1) is 14.9. The number of benzene rings is 2. The number of non-ortho nitro benzene ring substituents is 1. The SMILES string of the molecule is CCOC(=O)c1c(-c2ccc(C)cc2)csc1NC(=O)C=Cc1ccc([N+](=O)[O-])cc1. The molecule has 1 heterocycles. The van der Waals surface area contributed by atoms with Crippen LogP contribution in [0.1, 0.15) is 28.4 Å². The molecule has 7 nitrogen and oxygen atoms in total. The number of nitrogens with one attached hydrogen (secondary N) is 1. The molecule has 3 rings (SSSR count). The summed E-state index contributed by atoms with van der Waals surface area (Å²) in [7, 11) is 0. The quantitative estimate of drug-likeness (QED) is 0.229. The summed E-state index contributed by atoms with van der Waals surface area (Å²) in [5.41, 5.74) is 3.57. The maximum atomic E-state index is 12.6. The van der Waals surface area contributed by atoms with E-state index in [2.05, 4.69) is 5.32 Å². The molecule has 0 atom stereocenters. The largest absolute Gasteiger partial charge is 0.462 e. The zero-order valence-corrected chi connectivity index (χ0v) is 17.8.